The summed E-state index contributed by atoms with van der Waals surface area (Å²) in [5, 5.41) is 2.53. The second-order valence-electron chi connectivity index (χ2n) is 13.6. The quantitative estimate of drug-likeness (QED) is 0.181. The lowest BCUT2D eigenvalue weighted by atomic mass is 9.62. The van der Waals surface area contributed by atoms with Crippen molar-refractivity contribution in [1.82, 2.24) is 4.57 Å². The normalized spacial score (nSPS) is 13.8. The average Bonchev–Trinajstić information content (AvgIpc) is 3.56. The van der Waals surface area contributed by atoms with Gasteiger partial charge in [-0.15, -0.1) is 0 Å². The number of aromatic nitrogens is 1. The van der Waals surface area contributed by atoms with E-state index in [2.05, 4.69) is 193 Å². The van der Waals surface area contributed by atoms with Gasteiger partial charge in [0.05, 0.1) is 16.4 Å². The van der Waals surface area contributed by atoms with Gasteiger partial charge in [0.25, 0.3) is 0 Å². The highest BCUT2D eigenvalue weighted by Crippen LogP contribution is 2.64. The number of hydrogen-bond donors (Lipinski definition) is 0. The number of hydrogen-bond acceptors (Lipinski definition) is 2. The van der Waals surface area contributed by atoms with Crippen LogP contribution in [0.15, 0.2) is 208 Å². The van der Waals surface area contributed by atoms with Crippen LogP contribution in [0.2, 0.25) is 0 Å². The van der Waals surface area contributed by atoms with Gasteiger partial charge in [-0.25, -0.2) is 0 Å². The molecule has 0 saturated heterocycles. The van der Waals surface area contributed by atoms with Gasteiger partial charge in [0.15, 0.2) is 0 Å². The van der Waals surface area contributed by atoms with Crippen molar-refractivity contribution in [3.63, 3.8) is 0 Å². The van der Waals surface area contributed by atoms with E-state index < -0.39 is 5.41 Å². The van der Waals surface area contributed by atoms with Crippen LogP contribution in [0.25, 0.3) is 49.7 Å². The van der Waals surface area contributed by atoms with Gasteiger partial charge in [-0.3, -0.25) is 0 Å². The molecule has 52 heavy (non-hydrogen) atoms. The number of nitrogens with zero attached hydrogens (tertiary/aromatic N) is 1. The van der Waals surface area contributed by atoms with Crippen molar-refractivity contribution in [1.29, 1.82) is 0 Å². The molecule has 1 nitrogen and oxygen atoms in total. The van der Waals surface area contributed by atoms with E-state index in [0.717, 1.165) is 0 Å². The maximum atomic E-state index is 2.46. The molecule has 0 saturated carbocycles. The molecule has 0 fully saturated rings. The highest BCUT2D eigenvalue weighted by Gasteiger charge is 2.50. The summed E-state index contributed by atoms with van der Waals surface area (Å²) in [6, 6.07) is 69.7. The highest BCUT2D eigenvalue weighted by atomic mass is 32.2. The van der Waals surface area contributed by atoms with Crippen molar-refractivity contribution in [3.8, 4) is 27.9 Å². The Morgan fingerprint density at radius 1 is 0.385 bits per heavy atom. The Morgan fingerprint density at radius 3 is 1.73 bits per heavy atom. The zero-order chi connectivity index (χ0) is 34.2. The van der Waals surface area contributed by atoms with Crippen LogP contribution >= 0.6 is 23.5 Å². The lowest BCUT2D eigenvalue weighted by Crippen LogP contribution is -2.37. The summed E-state index contributed by atoms with van der Waals surface area (Å²) in [4.78, 5) is 5.23. The zero-order valence-electron chi connectivity index (χ0n) is 28.2. The first-order valence-electron chi connectivity index (χ1n) is 17.8. The highest BCUT2D eigenvalue weighted by molar-refractivity contribution is 8.00. The van der Waals surface area contributed by atoms with E-state index in [1.807, 2.05) is 23.5 Å². The minimum Gasteiger partial charge on any atom is -0.309 e. The third kappa shape index (κ3) is 4.15. The fourth-order valence-corrected chi connectivity index (χ4v) is 11.4. The molecule has 0 radical (unpaired) electrons. The van der Waals surface area contributed by atoms with Crippen LogP contribution in [0, 0.1) is 0 Å². The van der Waals surface area contributed by atoms with E-state index in [1.54, 1.807) is 0 Å². The van der Waals surface area contributed by atoms with Crippen molar-refractivity contribution in [2.24, 2.45) is 0 Å². The Balaban J connectivity index is 1.29. The molecule has 3 heterocycles. The summed E-state index contributed by atoms with van der Waals surface area (Å²) in [5.41, 5.74) is 13.5. The van der Waals surface area contributed by atoms with E-state index >= 15 is 0 Å². The molecule has 1 aromatic heterocycles. The summed E-state index contributed by atoms with van der Waals surface area (Å²) in [6.45, 7) is 0. The standard InChI is InChI=1S/C49H31NS2/c1-3-16-32(17-4-1)34-21-15-31-45-46(34)49(39-25-8-11-29-43(39)51-44-30-12-9-26-40(44)49)41-27-14-24-38(48(41)52-45)37-23-13-22-36-35-20-7-10-28-42(35)50(47(36)37)33-18-5-2-6-19-33/h1-31H. The molecule has 0 N–H and O–H groups in total. The van der Waals surface area contributed by atoms with Crippen molar-refractivity contribution in [2.45, 2.75) is 25.0 Å². The topological polar surface area (TPSA) is 4.93 Å². The lowest BCUT2D eigenvalue weighted by molar-refractivity contribution is 0.670. The van der Waals surface area contributed by atoms with Crippen LogP contribution in [0.5, 0.6) is 0 Å². The molecular formula is C49H31NS2. The van der Waals surface area contributed by atoms with E-state index in [-0.39, 0.29) is 0 Å². The average molecular weight is 698 g/mol. The Morgan fingerprint density at radius 2 is 0.942 bits per heavy atom. The fraction of sp³-hybridized carbons (Fsp3) is 0.0204. The van der Waals surface area contributed by atoms with Gasteiger partial charge >= 0.3 is 0 Å². The third-order valence-electron chi connectivity index (χ3n) is 10.9. The monoisotopic (exact) mass is 697 g/mol. The van der Waals surface area contributed by atoms with Crippen molar-refractivity contribution >= 4 is 45.3 Å². The molecule has 9 aromatic rings. The van der Waals surface area contributed by atoms with Gasteiger partial charge in [-0.2, -0.15) is 0 Å². The summed E-state index contributed by atoms with van der Waals surface area (Å²) in [5.74, 6) is 0. The van der Waals surface area contributed by atoms with E-state index in [1.165, 1.54) is 91.6 Å². The number of fused-ring (bicyclic) bond motifs is 11. The van der Waals surface area contributed by atoms with Crippen molar-refractivity contribution in [2.75, 3.05) is 0 Å². The Bertz CT molecular complexity index is 2810. The van der Waals surface area contributed by atoms with Gasteiger partial charge in [-0.05, 0) is 75.3 Å². The predicted octanol–water partition coefficient (Wildman–Crippen LogP) is 13.4. The van der Waals surface area contributed by atoms with Crippen LogP contribution in [-0.4, -0.2) is 4.57 Å². The van der Waals surface area contributed by atoms with Crippen molar-refractivity contribution in [3.05, 3.63) is 210 Å². The van der Waals surface area contributed by atoms with Crippen molar-refractivity contribution < 1.29 is 0 Å². The summed E-state index contributed by atoms with van der Waals surface area (Å²) in [6.07, 6.45) is 0. The van der Waals surface area contributed by atoms with Crippen LogP contribution in [-0.2, 0) is 5.41 Å². The van der Waals surface area contributed by atoms with Gasteiger partial charge in [-0.1, -0.05) is 175 Å². The van der Waals surface area contributed by atoms with Gasteiger partial charge in [0.2, 0.25) is 0 Å². The van der Waals surface area contributed by atoms with Crippen LogP contribution in [0.4, 0.5) is 0 Å². The van der Waals surface area contributed by atoms with E-state index in [4.69, 9.17) is 0 Å². The van der Waals surface area contributed by atoms with Crippen LogP contribution in [0.1, 0.15) is 22.3 Å². The first-order chi connectivity index (χ1) is 25.8. The summed E-state index contributed by atoms with van der Waals surface area (Å²) in [7, 11) is 0. The van der Waals surface area contributed by atoms with Gasteiger partial charge in [0.1, 0.15) is 0 Å². The van der Waals surface area contributed by atoms with Gasteiger partial charge in [0, 0.05) is 41.6 Å². The maximum Gasteiger partial charge on any atom is 0.0751 e. The summed E-state index contributed by atoms with van der Waals surface area (Å²) >= 11 is 3.83. The molecule has 0 amide bonds. The third-order valence-corrected chi connectivity index (χ3v) is 13.3. The second kappa shape index (κ2) is 11.6. The van der Waals surface area contributed by atoms with E-state index in [9.17, 15) is 0 Å². The summed E-state index contributed by atoms with van der Waals surface area (Å²) < 4.78 is 2.46. The van der Waals surface area contributed by atoms with Crippen LogP contribution < -0.4 is 0 Å². The molecule has 0 aliphatic carbocycles. The molecule has 2 aliphatic heterocycles. The minimum absolute atomic E-state index is 0.531. The number of rotatable bonds is 3. The Labute approximate surface area is 311 Å². The second-order valence-corrected chi connectivity index (χ2v) is 15.7. The molecule has 2 aliphatic rings. The molecule has 0 bridgehead atoms. The SMILES string of the molecule is c1ccc(-c2cccc3c2C2(c4ccccc4Sc4ccccc42)c2cccc(-c4cccc5c6ccccc6n(-c6ccccc6)c45)c2S3)cc1. The maximum absolute atomic E-state index is 2.46. The van der Waals surface area contributed by atoms with Crippen LogP contribution in [0.3, 0.4) is 0 Å². The molecule has 8 aromatic carbocycles. The van der Waals surface area contributed by atoms with Gasteiger partial charge < -0.3 is 4.57 Å². The predicted molar refractivity (Wildman–Crippen MR) is 218 cm³/mol. The fourth-order valence-electron chi connectivity index (χ4n) is 8.90. The Hall–Kier alpha value is -5.74. The number of benzene rings is 8. The molecular weight excluding hydrogens is 667 g/mol. The first-order valence-corrected chi connectivity index (χ1v) is 19.4. The molecule has 0 unspecified atom stereocenters. The Kier molecular flexibility index (Phi) is 6.70. The minimum atomic E-state index is -0.531. The molecule has 3 heteroatoms. The van der Waals surface area contributed by atoms with E-state index in [0.29, 0.717) is 0 Å². The smallest absolute Gasteiger partial charge is 0.0751 e. The molecule has 1 spiro atoms. The molecule has 11 rings (SSSR count). The zero-order valence-corrected chi connectivity index (χ0v) is 29.8. The lowest BCUT2D eigenvalue weighted by Gasteiger charge is -2.47. The first kappa shape index (κ1) is 29.9. The number of para-hydroxylation sites is 3. The largest absolute Gasteiger partial charge is 0.309 e. The molecule has 0 atom stereocenters. The molecule has 244 valence electrons.